The Balaban J connectivity index is 2.18. The minimum absolute atomic E-state index is 0.332. The van der Waals surface area contributed by atoms with Crippen LogP contribution in [0.1, 0.15) is 40.0 Å². The maximum atomic E-state index is 5.51. The van der Waals surface area contributed by atoms with Crippen LogP contribution >= 0.6 is 0 Å². The van der Waals surface area contributed by atoms with Crippen molar-refractivity contribution in [2.75, 3.05) is 30.3 Å². The van der Waals surface area contributed by atoms with Crippen molar-refractivity contribution in [3.63, 3.8) is 0 Å². The fourth-order valence-electron chi connectivity index (χ4n) is 1.68. The number of hydrogen-bond donors (Lipinski definition) is 2. The number of unbranched alkanes of at least 4 members (excludes halogenated alkanes) is 1. The van der Waals surface area contributed by atoms with E-state index in [0.29, 0.717) is 6.10 Å². The summed E-state index contributed by atoms with van der Waals surface area (Å²) in [4.78, 5) is 4.23. The van der Waals surface area contributed by atoms with E-state index in [1.54, 1.807) is 0 Å². The molecule has 0 unspecified atom stereocenters. The Bertz CT molecular complexity index is 342. The van der Waals surface area contributed by atoms with Crippen molar-refractivity contribution in [3.8, 4) is 0 Å². The first-order valence-electron chi connectivity index (χ1n) is 7.26. The lowest BCUT2D eigenvalue weighted by Gasteiger charge is -2.10. The molecular weight excluding hydrogens is 238 g/mol. The Labute approximate surface area is 117 Å². The highest BCUT2D eigenvalue weighted by atomic mass is 16.5. The summed E-state index contributed by atoms with van der Waals surface area (Å²) >= 11 is 0. The maximum absolute atomic E-state index is 5.51. The number of ether oxygens (including phenoxy) is 1. The van der Waals surface area contributed by atoms with Gasteiger partial charge < -0.3 is 15.4 Å². The molecule has 4 heteroatoms. The van der Waals surface area contributed by atoms with Gasteiger partial charge in [0.05, 0.1) is 29.9 Å². The summed E-state index contributed by atoms with van der Waals surface area (Å²) in [7, 11) is 0. The van der Waals surface area contributed by atoms with Gasteiger partial charge in [0.25, 0.3) is 0 Å². The molecule has 4 nitrogen and oxygen atoms in total. The average Bonchev–Trinajstić information content (AvgIpc) is 2.40. The van der Waals surface area contributed by atoms with E-state index < -0.39 is 0 Å². The first kappa shape index (κ1) is 15.8. The molecule has 0 fully saturated rings. The van der Waals surface area contributed by atoms with Gasteiger partial charge in [0.15, 0.2) is 0 Å². The Kier molecular flexibility index (Phi) is 7.98. The molecule has 0 amide bonds. The number of aromatic nitrogens is 1. The summed E-state index contributed by atoms with van der Waals surface area (Å²) in [6.07, 6.45) is 7.37. The van der Waals surface area contributed by atoms with E-state index in [1.165, 1.54) is 0 Å². The molecule has 0 bridgehead atoms. The van der Waals surface area contributed by atoms with Crippen LogP contribution in [0.4, 0.5) is 11.4 Å². The Morgan fingerprint density at radius 1 is 1.11 bits per heavy atom. The van der Waals surface area contributed by atoms with Crippen LogP contribution in [-0.4, -0.2) is 30.8 Å². The molecule has 0 spiro atoms. The van der Waals surface area contributed by atoms with Gasteiger partial charge in [-0.1, -0.05) is 6.92 Å². The minimum Gasteiger partial charge on any atom is -0.384 e. The highest BCUT2D eigenvalue weighted by molar-refractivity contribution is 5.53. The largest absolute Gasteiger partial charge is 0.384 e. The summed E-state index contributed by atoms with van der Waals surface area (Å²) in [6, 6.07) is 2.10. The van der Waals surface area contributed by atoms with Gasteiger partial charge in [0, 0.05) is 19.7 Å². The molecule has 0 saturated heterocycles. The van der Waals surface area contributed by atoms with Crippen molar-refractivity contribution in [1.29, 1.82) is 0 Å². The van der Waals surface area contributed by atoms with E-state index in [0.717, 1.165) is 50.3 Å². The van der Waals surface area contributed by atoms with Gasteiger partial charge in [-0.3, -0.25) is 4.98 Å². The van der Waals surface area contributed by atoms with E-state index >= 15 is 0 Å². The third-order valence-electron chi connectivity index (χ3n) is 2.67. The predicted molar refractivity (Wildman–Crippen MR) is 81.8 cm³/mol. The Morgan fingerprint density at radius 2 is 1.79 bits per heavy atom. The highest BCUT2D eigenvalue weighted by Crippen LogP contribution is 2.12. The minimum atomic E-state index is 0.332. The van der Waals surface area contributed by atoms with Crippen LogP contribution in [0, 0.1) is 0 Å². The number of nitrogens with zero attached hydrogens (tertiary/aromatic N) is 1. The summed E-state index contributed by atoms with van der Waals surface area (Å²) < 4.78 is 5.51. The van der Waals surface area contributed by atoms with Gasteiger partial charge in [-0.2, -0.15) is 0 Å². The topological polar surface area (TPSA) is 46.2 Å². The maximum Gasteiger partial charge on any atom is 0.0547 e. The second kappa shape index (κ2) is 9.62. The smallest absolute Gasteiger partial charge is 0.0547 e. The van der Waals surface area contributed by atoms with Crippen LogP contribution in [0.5, 0.6) is 0 Å². The molecule has 19 heavy (non-hydrogen) atoms. The lowest BCUT2D eigenvalue weighted by Crippen LogP contribution is -2.07. The first-order chi connectivity index (χ1) is 9.22. The third-order valence-corrected chi connectivity index (χ3v) is 2.67. The number of rotatable bonds is 10. The molecule has 0 saturated carbocycles. The van der Waals surface area contributed by atoms with E-state index in [-0.39, 0.29) is 0 Å². The molecule has 0 atom stereocenters. The standard InChI is InChI=1S/C15H27N3O/c1-4-7-17-14-10-15(12-16-11-14)18-8-5-6-9-19-13(2)3/h10-13,17-18H,4-9H2,1-3H3. The third kappa shape index (κ3) is 7.67. The van der Waals surface area contributed by atoms with Crippen LogP contribution in [0.3, 0.4) is 0 Å². The average molecular weight is 265 g/mol. The molecule has 0 aliphatic rings. The summed E-state index contributed by atoms with van der Waals surface area (Å²) in [5.74, 6) is 0. The molecule has 1 rings (SSSR count). The second-order valence-electron chi connectivity index (χ2n) is 4.94. The van der Waals surface area contributed by atoms with Crippen LogP contribution in [-0.2, 0) is 4.74 Å². The summed E-state index contributed by atoms with van der Waals surface area (Å²) in [6.45, 7) is 9.08. The van der Waals surface area contributed by atoms with Crippen molar-refractivity contribution in [3.05, 3.63) is 18.5 Å². The highest BCUT2D eigenvalue weighted by Gasteiger charge is 1.97. The van der Waals surface area contributed by atoms with Gasteiger partial charge in [0.1, 0.15) is 0 Å². The molecular formula is C15H27N3O. The van der Waals surface area contributed by atoms with Crippen LogP contribution < -0.4 is 10.6 Å². The number of nitrogens with one attached hydrogen (secondary N) is 2. The van der Waals surface area contributed by atoms with Crippen LogP contribution in [0.15, 0.2) is 18.5 Å². The molecule has 0 aromatic carbocycles. The van der Waals surface area contributed by atoms with Crippen molar-refractivity contribution in [2.45, 2.75) is 46.1 Å². The van der Waals surface area contributed by atoms with Gasteiger partial charge in [-0.25, -0.2) is 0 Å². The zero-order valence-corrected chi connectivity index (χ0v) is 12.4. The monoisotopic (exact) mass is 265 g/mol. The summed E-state index contributed by atoms with van der Waals surface area (Å²) in [5.41, 5.74) is 2.15. The van der Waals surface area contributed by atoms with Gasteiger partial charge in [0.2, 0.25) is 0 Å². The molecule has 1 heterocycles. The number of hydrogen-bond acceptors (Lipinski definition) is 4. The SMILES string of the molecule is CCCNc1cncc(NCCCCOC(C)C)c1. The van der Waals surface area contributed by atoms with Crippen molar-refractivity contribution >= 4 is 11.4 Å². The van der Waals surface area contributed by atoms with Crippen LogP contribution in [0.25, 0.3) is 0 Å². The van der Waals surface area contributed by atoms with Gasteiger partial charge >= 0.3 is 0 Å². The molecule has 0 aliphatic heterocycles. The number of anilines is 2. The zero-order chi connectivity index (χ0) is 13.9. The second-order valence-corrected chi connectivity index (χ2v) is 4.94. The quantitative estimate of drug-likeness (QED) is 0.635. The molecule has 1 aromatic rings. The Hall–Kier alpha value is -1.29. The molecule has 1 aromatic heterocycles. The van der Waals surface area contributed by atoms with Crippen molar-refractivity contribution in [2.24, 2.45) is 0 Å². The molecule has 108 valence electrons. The predicted octanol–water partition coefficient (Wildman–Crippen LogP) is 3.52. The van der Waals surface area contributed by atoms with Gasteiger partial charge in [-0.05, 0) is 39.2 Å². The van der Waals surface area contributed by atoms with E-state index in [4.69, 9.17) is 4.74 Å². The van der Waals surface area contributed by atoms with E-state index in [1.807, 2.05) is 12.4 Å². The molecule has 0 radical (unpaired) electrons. The van der Waals surface area contributed by atoms with E-state index in [2.05, 4.69) is 42.5 Å². The first-order valence-corrected chi connectivity index (χ1v) is 7.26. The van der Waals surface area contributed by atoms with Gasteiger partial charge in [-0.15, -0.1) is 0 Å². The fourth-order valence-corrected chi connectivity index (χ4v) is 1.68. The van der Waals surface area contributed by atoms with Crippen LogP contribution in [0.2, 0.25) is 0 Å². The molecule has 0 aliphatic carbocycles. The summed E-state index contributed by atoms with van der Waals surface area (Å²) in [5, 5.41) is 6.73. The normalized spacial score (nSPS) is 10.7. The Morgan fingerprint density at radius 3 is 2.42 bits per heavy atom. The van der Waals surface area contributed by atoms with E-state index in [9.17, 15) is 0 Å². The lowest BCUT2D eigenvalue weighted by molar-refractivity contribution is 0.0765. The molecule has 2 N–H and O–H groups in total. The lowest BCUT2D eigenvalue weighted by atomic mass is 10.3. The van der Waals surface area contributed by atoms with Crippen molar-refractivity contribution in [1.82, 2.24) is 4.98 Å². The fraction of sp³-hybridized carbons (Fsp3) is 0.667. The zero-order valence-electron chi connectivity index (χ0n) is 12.4. The van der Waals surface area contributed by atoms with Crippen molar-refractivity contribution < 1.29 is 4.74 Å². The number of pyridine rings is 1.